The molecule has 0 amide bonds. The minimum Gasteiger partial charge on any atom is -0.481 e. The molecule has 104 valence electrons. The van der Waals surface area contributed by atoms with Crippen LogP contribution in [0.1, 0.15) is 24.8 Å². The minimum atomic E-state index is -3.58. The number of hydrogen-bond donors (Lipinski definition) is 3. The number of rotatable bonds is 7. The molecule has 1 fully saturated rings. The van der Waals surface area contributed by atoms with Crippen molar-refractivity contribution >= 4 is 21.9 Å². The highest BCUT2D eigenvalue weighted by Gasteiger charge is 2.27. The Hall–Kier alpha value is -1.60. The standard InChI is InChI=1S/C12H16N2O4S/c15-12(16)8-5-9-3-1-2-4-11(9)14-19(17,18)13-10-6-7-10/h1-4,10,13-14H,5-8H2,(H,15,16). The summed E-state index contributed by atoms with van der Waals surface area (Å²) in [4.78, 5) is 10.6. The van der Waals surface area contributed by atoms with Gasteiger partial charge in [0.2, 0.25) is 0 Å². The number of carboxylic acids is 1. The molecular weight excluding hydrogens is 268 g/mol. The molecule has 7 heteroatoms. The summed E-state index contributed by atoms with van der Waals surface area (Å²) in [6, 6.07) is 6.84. The summed E-state index contributed by atoms with van der Waals surface area (Å²) in [7, 11) is -3.58. The second-order valence-corrected chi connectivity index (χ2v) is 6.00. The Morgan fingerprint density at radius 3 is 2.63 bits per heavy atom. The smallest absolute Gasteiger partial charge is 0.303 e. The molecule has 3 N–H and O–H groups in total. The number of aliphatic carboxylic acids is 1. The van der Waals surface area contributed by atoms with Crippen LogP contribution in [-0.2, 0) is 21.4 Å². The maximum atomic E-state index is 11.8. The van der Waals surface area contributed by atoms with Crippen LogP contribution >= 0.6 is 0 Å². The molecule has 1 aromatic rings. The molecule has 0 saturated heterocycles. The number of anilines is 1. The van der Waals surface area contributed by atoms with E-state index < -0.39 is 16.2 Å². The average Bonchev–Trinajstić information content (AvgIpc) is 3.10. The number of carboxylic acid groups (broad SMARTS) is 1. The molecule has 1 aromatic carbocycles. The van der Waals surface area contributed by atoms with Crippen LogP contribution in [0.25, 0.3) is 0 Å². The Labute approximate surface area is 112 Å². The molecule has 1 aliphatic carbocycles. The summed E-state index contributed by atoms with van der Waals surface area (Å²) < 4.78 is 28.6. The first-order valence-electron chi connectivity index (χ1n) is 6.06. The van der Waals surface area contributed by atoms with Crippen molar-refractivity contribution in [1.82, 2.24) is 4.72 Å². The van der Waals surface area contributed by atoms with Crippen LogP contribution in [0, 0.1) is 0 Å². The Balaban J connectivity index is 2.08. The Morgan fingerprint density at radius 1 is 1.32 bits per heavy atom. The monoisotopic (exact) mass is 284 g/mol. The van der Waals surface area contributed by atoms with Gasteiger partial charge >= 0.3 is 5.97 Å². The van der Waals surface area contributed by atoms with E-state index in [0.717, 1.165) is 12.8 Å². The molecule has 0 radical (unpaired) electrons. The summed E-state index contributed by atoms with van der Waals surface area (Å²) in [5, 5.41) is 8.67. The molecule has 1 saturated carbocycles. The van der Waals surface area contributed by atoms with Crippen molar-refractivity contribution in [3.63, 3.8) is 0 Å². The molecule has 1 aliphatic rings. The van der Waals surface area contributed by atoms with E-state index in [9.17, 15) is 13.2 Å². The van der Waals surface area contributed by atoms with Gasteiger partial charge in [0.25, 0.3) is 10.2 Å². The number of para-hydroxylation sites is 1. The van der Waals surface area contributed by atoms with Gasteiger partial charge < -0.3 is 5.11 Å². The second-order valence-electron chi connectivity index (χ2n) is 4.55. The molecule has 0 bridgehead atoms. The Morgan fingerprint density at radius 2 is 2.00 bits per heavy atom. The predicted octanol–water partition coefficient (Wildman–Crippen LogP) is 1.11. The molecule has 0 aromatic heterocycles. The van der Waals surface area contributed by atoms with Crippen LogP contribution in [0.15, 0.2) is 24.3 Å². The molecule has 0 heterocycles. The summed E-state index contributed by atoms with van der Waals surface area (Å²) in [5.74, 6) is -0.909. The highest BCUT2D eigenvalue weighted by Crippen LogP contribution is 2.22. The molecule has 19 heavy (non-hydrogen) atoms. The van der Waals surface area contributed by atoms with Crippen LogP contribution in [0.3, 0.4) is 0 Å². The molecule has 0 aliphatic heterocycles. The lowest BCUT2D eigenvalue weighted by atomic mass is 10.1. The number of hydrogen-bond acceptors (Lipinski definition) is 3. The van der Waals surface area contributed by atoms with Gasteiger partial charge in [0.05, 0.1) is 5.69 Å². The highest BCUT2D eigenvalue weighted by atomic mass is 32.2. The van der Waals surface area contributed by atoms with E-state index in [2.05, 4.69) is 9.44 Å². The summed E-state index contributed by atoms with van der Waals surface area (Å²) in [6.45, 7) is 0. The van der Waals surface area contributed by atoms with Gasteiger partial charge in [-0.2, -0.15) is 13.1 Å². The van der Waals surface area contributed by atoms with E-state index in [1.165, 1.54) is 0 Å². The van der Waals surface area contributed by atoms with Crippen molar-refractivity contribution in [2.24, 2.45) is 0 Å². The van der Waals surface area contributed by atoms with Gasteiger partial charge in [-0.05, 0) is 30.9 Å². The summed E-state index contributed by atoms with van der Waals surface area (Å²) >= 11 is 0. The van der Waals surface area contributed by atoms with E-state index in [1.54, 1.807) is 24.3 Å². The SMILES string of the molecule is O=C(O)CCc1ccccc1NS(=O)(=O)NC1CC1. The van der Waals surface area contributed by atoms with Crippen molar-refractivity contribution in [2.45, 2.75) is 31.7 Å². The normalized spacial score (nSPS) is 15.2. The number of aryl methyl sites for hydroxylation is 1. The van der Waals surface area contributed by atoms with Gasteiger partial charge in [0.15, 0.2) is 0 Å². The van der Waals surface area contributed by atoms with Gasteiger partial charge in [-0.25, -0.2) is 0 Å². The third-order valence-electron chi connectivity index (χ3n) is 2.77. The molecule has 0 atom stereocenters. The van der Waals surface area contributed by atoms with Crippen molar-refractivity contribution < 1.29 is 18.3 Å². The van der Waals surface area contributed by atoms with Crippen LogP contribution in [0.4, 0.5) is 5.69 Å². The molecular formula is C12H16N2O4S. The van der Waals surface area contributed by atoms with Crippen molar-refractivity contribution in [3.05, 3.63) is 29.8 Å². The van der Waals surface area contributed by atoms with Gasteiger partial charge in [-0.3, -0.25) is 9.52 Å². The van der Waals surface area contributed by atoms with Gasteiger partial charge in [0, 0.05) is 12.5 Å². The van der Waals surface area contributed by atoms with Gasteiger partial charge in [-0.15, -0.1) is 0 Å². The first-order chi connectivity index (χ1) is 8.96. The minimum absolute atomic E-state index is 0.0312. The van der Waals surface area contributed by atoms with Gasteiger partial charge in [-0.1, -0.05) is 18.2 Å². The number of nitrogens with one attached hydrogen (secondary N) is 2. The largest absolute Gasteiger partial charge is 0.481 e. The maximum absolute atomic E-state index is 11.8. The first kappa shape index (κ1) is 13.8. The molecule has 0 spiro atoms. The predicted molar refractivity (Wildman–Crippen MR) is 71.1 cm³/mol. The lowest BCUT2D eigenvalue weighted by molar-refractivity contribution is -0.136. The number of carbonyl (C=O) groups is 1. The lowest BCUT2D eigenvalue weighted by Gasteiger charge is -2.12. The van der Waals surface area contributed by atoms with Crippen molar-refractivity contribution in [2.75, 3.05) is 4.72 Å². The van der Waals surface area contributed by atoms with Crippen LogP contribution in [-0.4, -0.2) is 25.5 Å². The molecule has 2 rings (SSSR count). The maximum Gasteiger partial charge on any atom is 0.303 e. The van der Waals surface area contributed by atoms with Gasteiger partial charge in [0.1, 0.15) is 0 Å². The Bertz CT molecular complexity index is 567. The number of benzene rings is 1. The third-order valence-corrected chi connectivity index (χ3v) is 3.90. The van der Waals surface area contributed by atoms with Crippen LogP contribution in [0.2, 0.25) is 0 Å². The molecule has 0 unspecified atom stereocenters. The van der Waals surface area contributed by atoms with E-state index in [-0.39, 0.29) is 18.9 Å². The quantitative estimate of drug-likeness (QED) is 0.699. The van der Waals surface area contributed by atoms with Crippen LogP contribution < -0.4 is 9.44 Å². The lowest BCUT2D eigenvalue weighted by Crippen LogP contribution is -2.32. The summed E-state index contributed by atoms with van der Waals surface area (Å²) in [6.07, 6.45) is 1.98. The fourth-order valence-electron chi connectivity index (χ4n) is 1.67. The van der Waals surface area contributed by atoms with E-state index >= 15 is 0 Å². The van der Waals surface area contributed by atoms with E-state index in [0.29, 0.717) is 11.3 Å². The fraction of sp³-hybridized carbons (Fsp3) is 0.417. The second kappa shape index (κ2) is 5.58. The van der Waals surface area contributed by atoms with Crippen molar-refractivity contribution in [3.8, 4) is 0 Å². The topological polar surface area (TPSA) is 95.5 Å². The zero-order chi connectivity index (χ0) is 13.9. The fourth-order valence-corrected chi connectivity index (χ4v) is 2.90. The Kier molecular flexibility index (Phi) is 4.06. The van der Waals surface area contributed by atoms with Crippen LogP contribution in [0.5, 0.6) is 0 Å². The average molecular weight is 284 g/mol. The highest BCUT2D eigenvalue weighted by molar-refractivity contribution is 7.90. The third kappa shape index (κ3) is 4.53. The first-order valence-corrected chi connectivity index (χ1v) is 7.54. The zero-order valence-corrected chi connectivity index (χ0v) is 11.1. The van der Waals surface area contributed by atoms with E-state index in [1.807, 2.05) is 0 Å². The van der Waals surface area contributed by atoms with Crippen molar-refractivity contribution in [1.29, 1.82) is 0 Å². The zero-order valence-electron chi connectivity index (χ0n) is 10.3. The summed E-state index contributed by atoms with van der Waals surface area (Å²) in [5.41, 5.74) is 1.10. The molecule has 6 nitrogen and oxygen atoms in total. The van der Waals surface area contributed by atoms with E-state index in [4.69, 9.17) is 5.11 Å².